The van der Waals surface area contributed by atoms with Crippen LogP contribution in [0.15, 0.2) is 40.5 Å². The van der Waals surface area contributed by atoms with Gasteiger partial charge < -0.3 is 15.2 Å². The molecule has 0 fully saturated rings. The zero-order valence-corrected chi connectivity index (χ0v) is 20.9. The third-order valence-electron chi connectivity index (χ3n) is 3.70. The van der Waals surface area contributed by atoms with Crippen molar-refractivity contribution >= 4 is 65.1 Å². The molecule has 1 aromatic carbocycles. The second kappa shape index (κ2) is 15.2. The maximum absolute atomic E-state index is 5.92. The lowest BCUT2D eigenvalue weighted by atomic mass is 10.4. The maximum atomic E-state index is 5.92. The molecule has 156 valence electrons. The monoisotopic (exact) mass is 554 g/mol. The summed E-state index contributed by atoms with van der Waals surface area (Å²) in [5.41, 5.74) is 0. The van der Waals surface area contributed by atoms with Gasteiger partial charge in [-0.05, 0) is 30.5 Å². The largest absolute Gasteiger partial charge is 0.356 e. The molecule has 0 aliphatic heterocycles. The van der Waals surface area contributed by atoms with E-state index in [0.29, 0.717) is 0 Å². The summed E-state index contributed by atoms with van der Waals surface area (Å²) in [4.78, 5) is 5.85. The zero-order valence-electron chi connectivity index (χ0n) is 16.2. The molecule has 0 radical (unpaired) electrons. The first kappa shape index (κ1) is 25.4. The average molecular weight is 555 g/mol. The molecule has 0 saturated heterocycles. The van der Waals surface area contributed by atoms with Crippen molar-refractivity contribution in [1.29, 1.82) is 0 Å². The summed E-state index contributed by atoms with van der Waals surface area (Å²) in [6.07, 6.45) is 4.76. The summed E-state index contributed by atoms with van der Waals surface area (Å²) in [7, 11) is 0. The number of hydrogen-bond acceptors (Lipinski definition) is 5. The van der Waals surface area contributed by atoms with E-state index in [4.69, 9.17) is 11.6 Å². The van der Waals surface area contributed by atoms with Crippen LogP contribution in [0.3, 0.4) is 0 Å². The normalized spacial score (nSPS) is 11.2. The van der Waals surface area contributed by atoms with Gasteiger partial charge in [0.05, 0.1) is 6.54 Å². The molecule has 0 unspecified atom stereocenters. The van der Waals surface area contributed by atoms with Crippen molar-refractivity contribution in [1.82, 2.24) is 25.4 Å². The average Bonchev–Trinajstić information content (AvgIpc) is 3.14. The van der Waals surface area contributed by atoms with Crippen LogP contribution in [0.1, 0.15) is 12.7 Å². The number of hydrogen-bond donors (Lipinski definition) is 2. The van der Waals surface area contributed by atoms with Gasteiger partial charge in [0, 0.05) is 47.5 Å². The number of aromatic nitrogens is 3. The van der Waals surface area contributed by atoms with Gasteiger partial charge in [-0.3, -0.25) is 4.99 Å². The predicted molar refractivity (Wildman–Crippen MR) is 134 cm³/mol. The number of benzene rings is 1. The van der Waals surface area contributed by atoms with Gasteiger partial charge in [-0.2, -0.15) is 11.8 Å². The highest BCUT2D eigenvalue weighted by Gasteiger charge is 2.03. The topological polar surface area (TPSA) is 67.1 Å². The molecule has 28 heavy (non-hydrogen) atoms. The Morgan fingerprint density at radius 3 is 2.64 bits per heavy atom. The summed E-state index contributed by atoms with van der Waals surface area (Å²) in [5, 5.41) is 15.7. The Kier molecular flexibility index (Phi) is 13.8. The summed E-state index contributed by atoms with van der Waals surface area (Å²) < 4.78 is 2.07. The van der Waals surface area contributed by atoms with Crippen molar-refractivity contribution in [2.75, 3.05) is 37.4 Å². The first-order valence-corrected chi connectivity index (χ1v) is 11.7. The molecule has 1 heterocycles. The molecular weight excluding hydrogens is 527 g/mol. The lowest BCUT2D eigenvalue weighted by Crippen LogP contribution is -2.40. The van der Waals surface area contributed by atoms with Crippen LogP contribution in [0, 0.1) is 0 Å². The number of nitrogens with one attached hydrogen (secondary N) is 2. The van der Waals surface area contributed by atoms with E-state index in [1.165, 1.54) is 4.90 Å². The minimum atomic E-state index is 0. The number of halogens is 2. The Morgan fingerprint density at radius 2 is 1.93 bits per heavy atom. The SMILES string of the molecule is CCc1nncn1CCNC(=NCCSC)NCCSc1ccc(Cl)cc1.I. The second-order valence-corrected chi connectivity index (χ2v) is 8.26. The highest BCUT2D eigenvalue weighted by atomic mass is 127. The predicted octanol–water partition coefficient (Wildman–Crippen LogP) is 3.80. The van der Waals surface area contributed by atoms with Crippen LogP contribution < -0.4 is 10.6 Å². The fourth-order valence-electron chi connectivity index (χ4n) is 2.33. The van der Waals surface area contributed by atoms with Gasteiger partial charge in [-0.25, -0.2) is 0 Å². The molecule has 1 aromatic heterocycles. The summed E-state index contributed by atoms with van der Waals surface area (Å²) in [5.74, 6) is 3.82. The zero-order chi connectivity index (χ0) is 19.3. The van der Waals surface area contributed by atoms with E-state index in [1.54, 1.807) is 29.9 Å². The van der Waals surface area contributed by atoms with Gasteiger partial charge in [0.2, 0.25) is 0 Å². The fourth-order valence-corrected chi connectivity index (χ4v) is 3.49. The molecule has 0 amide bonds. The number of nitrogens with zero attached hydrogens (tertiary/aromatic N) is 4. The lowest BCUT2D eigenvalue weighted by Gasteiger charge is -2.13. The Labute approximate surface area is 198 Å². The Balaban J connectivity index is 0.00000392. The lowest BCUT2D eigenvalue weighted by molar-refractivity contribution is 0.633. The Bertz CT molecular complexity index is 696. The van der Waals surface area contributed by atoms with Crippen molar-refractivity contribution in [2.45, 2.75) is 24.8 Å². The van der Waals surface area contributed by atoms with Crippen molar-refractivity contribution in [3.05, 3.63) is 41.4 Å². The highest BCUT2D eigenvalue weighted by Crippen LogP contribution is 2.19. The molecule has 0 bridgehead atoms. The third-order valence-corrected chi connectivity index (χ3v) is 5.56. The first-order chi connectivity index (χ1) is 13.2. The number of guanidine groups is 1. The van der Waals surface area contributed by atoms with Gasteiger partial charge in [0.1, 0.15) is 12.2 Å². The molecule has 6 nitrogen and oxygen atoms in total. The van der Waals surface area contributed by atoms with Crippen LogP contribution in [0.2, 0.25) is 5.02 Å². The Hall–Kier alpha value is -0.650. The number of aryl methyl sites for hydroxylation is 1. The fraction of sp³-hybridized carbons (Fsp3) is 0.500. The van der Waals surface area contributed by atoms with Crippen LogP contribution in [-0.4, -0.2) is 58.1 Å². The van der Waals surface area contributed by atoms with Gasteiger partial charge in [0.15, 0.2) is 5.96 Å². The third kappa shape index (κ3) is 9.71. The molecule has 2 N–H and O–H groups in total. The molecule has 0 atom stereocenters. The van der Waals surface area contributed by atoms with E-state index in [-0.39, 0.29) is 24.0 Å². The van der Waals surface area contributed by atoms with Crippen LogP contribution in [0.25, 0.3) is 0 Å². The molecule has 2 rings (SSSR count). The second-order valence-electron chi connectivity index (χ2n) is 5.67. The van der Waals surface area contributed by atoms with E-state index in [9.17, 15) is 0 Å². The van der Waals surface area contributed by atoms with Crippen LogP contribution in [-0.2, 0) is 13.0 Å². The summed E-state index contributed by atoms with van der Waals surface area (Å²) in [6.45, 7) is 5.32. The van der Waals surface area contributed by atoms with E-state index in [0.717, 1.165) is 60.9 Å². The van der Waals surface area contributed by atoms with Gasteiger partial charge in [0.25, 0.3) is 0 Å². The molecule has 0 spiro atoms. The highest BCUT2D eigenvalue weighted by molar-refractivity contribution is 14.0. The maximum Gasteiger partial charge on any atom is 0.191 e. The van der Waals surface area contributed by atoms with E-state index >= 15 is 0 Å². The quantitative estimate of drug-likeness (QED) is 0.145. The smallest absolute Gasteiger partial charge is 0.191 e. The number of rotatable bonds is 11. The van der Waals surface area contributed by atoms with Gasteiger partial charge >= 0.3 is 0 Å². The van der Waals surface area contributed by atoms with E-state index < -0.39 is 0 Å². The van der Waals surface area contributed by atoms with Crippen LogP contribution >= 0.6 is 59.1 Å². The molecular formula is C18H28ClIN6S2. The Morgan fingerprint density at radius 1 is 1.18 bits per heavy atom. The number of aliphatic imine (C=N–C) groups is 1. The van der Waals surface area contributed by atoms with Crippen molar-refractivity contribution in [2.24, 2.45) is 4.99 Å². The standard InChI is InChI=1S/C18H27ClN6S2.HI/c1-3-17-24-23-14-25(17)11-8-20-18(21-9-12-26-2)22-10-13-27-16-6-4-15(19)5-7-16;/h4-7,14H,3,8-13H2,1-2H3,(H2,20,21,22);1H. The minimum Gasteiger partial charge on any atom is -0.356 e. The molecule has 2 aromatic rings. The number of thioether (sulfide) groups is 2. The van der Waals surface area contributed by atoms with E-state index in [1.807, 2.05) is 24.3 Å². The van der Waals surface area contributed by atoms with Gasteiger partial charge in [-0.1, -0.05) is 18.5 Å². The van der Waals surface area contributed by atoms with E-state index in [2.05, 4.69) is 43.6 Å². The summed E-state index contributed by atoms with van der Waals surface area (Å²) in [6, 6.07) is 7.93. The molecule has 0 aliphatic rings. The molecule has 0 aliphatic carbocycles. The van der Waals surface area contributed by atoms with Gasteiger partial charge in [-0.15, -0.1) is 45.9 Å². The van der Waals surface area contributed by atoms with Crippen molar-refractivity contribution in [3.8, 4) is 0 Å². The van der Waals surface area contributed by atoms with Crippen LogP contribution in [0.5, 0.6) is 0 Å². The van der Waals surface area contributed by atoms with Crippen molar-refractivity contribution < 1.29 is 0 Å². The van der Waals surface area contributed by atoms with Crippen LogP contribution in [0.4, 0.5) is 0 Å². The molecule has 10 heteroatoms. The summed E-state index contributed by atoms with van der Waals surface area (Å²) >= 11 is 9.52. The first-order valence-electron chi connectivity index (χ1n) is 8.99. The van der Waals surface area contributed by atoms with Crippen molar-refractivity contribution in [3.63, 3.8) is 0 Å². The minimum absolute atomic E-state index is 0. The molecule has 0 saturated carbocycles.